The van der Waals surface area contributed by atoms with E-state index in [1.807, 2.05) is 0 Å². The van der Waals surface area contributed by atoms with Gasteiger partial charge in [-0.05, 0) is 224 Å². The van der Waals surface area contributed by atoms with Crippen molar-refractivity contribution in [1.82, 2.24) is 27.4 Å². The van der Waals surface area contributed by atoms with Crippen molar-refractivity contribution in [3.63, 3.8) is 0 Å². The Kier molecular flexibility index (Phi) is 18.8. The van der Waals surface area contributed by atoms with Crippen molar-refractivity contribution in [3.8, 4) is 101 Å². The molecule has 6 aromatic heterocycles. The molecule has 0 spiro atoms. The second kappa shape index (κ2) is 32.4. The van der Waals surface area contributed by atoms with Gasteiger partial charge in [-0.2, -0.15) is 0 Å². The molecule has 0 aliphatic heterocycles. The van der Waals surface area contributed by atoms with Crippen molar-refractivity contribution >= 4 is 131 Å². The lowest BCUT2D eigenvalue weighted by Crippen LogP contribution is -1.94. The highest BCUT2D eigenvalue weighted by Crippen LogP contribution is 2.45. The summed E-state index contributed by atoms with van der Waals surface area (Å²) in [6.45, 7) is 0. The van der Waals surface area contributed by atoms with E-state index in [-0.39, 0.29) is 0 Å². The van der Waals surface area contributed by atoms with Gasteiger partial charge in [0.25, 0.3) is 0 Å². The molecule has 0 unspecified atom stereocenters. The normalized spacial score (nSPS) is 11.6. The number of rotatable bonds is 12. The summed E-state index contributed by atoms with van der Waals surface area (Å²) in [4.78, 5) is 0. The van der Waals surface area contributed by atoms with Crippen molar-refractivity contribution in [2.45, 2.75) is 0 Å². The Hall–Kier alpha value is -17.6. The Bertz CT molecular complexity index is 9060. The summed E-state index contributed by atoms with van der Waals surface area (Å²) < 4.78 is 14.3. The minimum absolute atomic E-state index is 1.16. The minimum Gasteiger partial charge on any atom is -0.309 e. The Labute approximate surface area is 763 Å². The molecule has 0 radical (unpaired) electrons. The lowest BCUT2D eigenvalue weighted by atomic mass is 10.0. The van der Waals surface area contributed by atoms with Gasteiger partial charge in [0.2, 0.25) is 0 Å². The van der Waals surface area contributed by atoms with Gasteiger partial charge in [-0.1, -0.05) is 352 Å². The molecule has 0 atom stereocenters. The van der Waals surface area contributed by atoms with E-state index >= 15 is 0 Å². The third-order valence-electron chi connectivity index (χ3n) is 26.8. The van der Waals surface area contributed by atoms with E-state index in [1.165, 1.54) is 215 Å². The van der Waals surface area contributed by atoms with Gasteiger partial charge < -0.3 is 27.4 Å². The number of benzene rings is 21. The van der Waals surface area contributed by atoms with Crippen molar-refractivity contribution in [1.29, 1.82) is 0 Å². The number of fused-ring (bicyclic) bond motifs is 18. The average molecular weight is 1680 g/mol. The number of aromatic nitrogens is 6. The molecule has 27 rings (SSSR count). The largest absolute Gasteiger partial charge is 0.309 e. The molecule has 0 N–H and O–H groups in total. The minimum atomic E-state index is 1.16. The van der Waals surface area contributed by atoms with Crippen LogP contribution in [0.4, 0.5) is 0 Å². The number of para-hydroxylation sites is 9. The van der Waals surface area contributed by atoms with Crippen LogP contribution in [-0.4, -0.2) is 27.4 Å². The third kappa shape index (κ3) is 13.3. The van der Waals surface area contributed by atoms with Gasteiger partial charge in [-0.3, -0.25) is 0 Å². The van der Waals surface area contributed by atoms with E-state index in [1.54, 1.807) is 0 Å². The molecule has 6 nitrogen and oxygen atoms in total. The van der Waals surface area contributed by atoms with Crippen LogP contribution in [0, 0.1) is 0 Å². The van der Waals surface area contributed by atoms with E-state index in [9.17, 15) is 0 Å². The fourth-order valence-corrected chi connectivity index (χ4v) is 20.6. The first-order valence-electron chi connectivity index (χ1n) is 45.3. The standard InChI is InChI=1S/3C42H28N2/c1-3-11-29(12-4-1)30-19-23-34(24-20-30)43-40-18-10-8-16-36(40)38-27-31(22-26-41(38)43)32-21-25-37-35-15-7-9-17-39(35)44(42(37)28-32)33-13-5-2-6-14-33;1-3-11-29(12-4-1)30-19-23-34(24-20-30)44-39-17-9-7-15-35(39)37-25-21-32(28-42(37)44)31-22-26-41-38(27-31)36-16-8-10-18-40(36)43(41)33-13-5-2-6-14-33;1-3-11-29(12-4-1)30-19-23-34(24-20-30)44-40-18-10-8-16-36(40)38-26-22-32(28-42(38)44)31-21-25-37-35-15-7-9-17-39(35)43(41(37)27-31)33-13-5-2-6-14-33/h3*1-28H. The zero-order chi connectivity index (χ0) is 87.1. The monoisotopic (exact) mass is 1680 g/mol. The number of hydrogen-bond acceptors (Lipinski definition) is 0. The lowest BCUT2D eigenvalue weighted by molar-refractivity contribution is 1.18. The topological polar surface area (TPSA) is 29.6 Å². The van der Waals surface area contributed by atoms with Crippen LogP contribution in [0.15, 0.2) is 510 Å². The van der Waals surface area contributed by atoms with Crippen LogP contribution in [0.5, 0.6) is 0 Å². The van der Waals surface area contributed by atoms with Gasteiger partial charge in [0.1, 0.15) is 0 Å². The Morgan fingerprint density at radius 1 is 0.0833 bits per heavy atom. The van der Waals surface area contributed by atoms with Gasteiger partial charge in [-0.15, -0.1) is 0 Å². The fraction of sp³-hybridized carbons (Fsp3) is 0. The number of nitrogens with zero attached hydrogens (tertiary/aromatic N) is 6. The van der Waals surface area contributed by atoms with Crippen LogP contribution in [0.25, 0.3) is 232 Å². The predicted octanol–water partition coefficient (Wildman–Crippen LogP) is 33.6. The van der Waals surface area contributed by atoms with Gasteiger partial charge in [0.05, 0.1) is 66.2 Å². The maximum Gasteiger partial charge on any atom is 0.0547 e. The van der Waals surface area contributed by atoms with Crippen LogP contribution < -0.4 is 0 Å². The Morgan fingerprint density at radius 3 is 0.477 bits per heavy atom. The molecule has 6 heterocycles. The molecule has 0 saturated heterocycles. The molecule has 0 saturated carbocycles. The highest BCUT2D eigenvalue weighted by molar-refractivity contribution is 6.17. The quantitative estimate of drug-likeness (QED) is 0.117. The average Bonchev–Trinajstić information content (AvgIpc) is 1.59. The van der Waals surface area contributed by atoms with E-state index in [4.69, 9.17) is 0 Å². The molecule has 618 valence electrons. The van der Waals surface area contributed by atoms with E-state index in [2.05, 4.69) is 537 Å². The Balaban J connectivity index is 0.000000106. The van der Waals surface area contributed by atoms with Crippen molar-refractivity contribution in [2.75, 3.05) is 0 Å². The van der Waals surface area contributed by atoms with Crippen LogP contribution in [0.1, 0.15) is 0 Å². The SMILES string of the molecule is c1ccc(-c2ccc(-n3c4ccccc4c4cc(-c5ccc6c7ccccc7n(-c7ccccc7)c6c5)ccc43)cc2)cc1.c1ccc(-c2ccc(-n3c4ccccc4c4ccc(-c5ccc6c(c5)c5ccccc5n6-c5ccccc5)cc43)cc2)cc1.c1ccc(-c2ccc(-n3c4ccccc4c4ccc(-c5ccc6c7ccccc7n(-c7ccccc7)c6c5)cc43)cc2)cc1. The van der Waals surface area contributed by atoms with E-state index in [0.717, 1.165) is 17.1 Å². The highest BCUT2D eigenvalue weighted by atomic mass is 15.0. The number of hydrogen-bond donors (Lipinski definition) is 0. The fourth-order valence-electron chi connectivity index (χ4n) is 20.6. The summed E-state index contributed by atoms with van der Waals surface area (Å²) in [6, 6.07) is 184. The summed E-state index contributed by atoms with van der Waals surface area (Å²) in [7, 11) is 0. The van der Waals surface area contributed by atoms with Crippen molar-refractivity contribution < 1.29 is 0 Å². The van der Waals surface area contributed by atoms with Crippen molar-refractivity contribution in [3.05, 3.63) is 510 Å². The zero-order valence-corrected chi connectivity index (χ0v) is 72.2. The van der Waals surface area contributed by atoms with Crippen LogP contribution in [-0.2, 0) is 0 Å². The molecule has 0 amide bonds. The van der Waals surface area contributed by atoms with Gasteiger partial charge in [0, 0.05) is 98.8 Å². The maximum absolute atomic E-state index is 2.41. The molecule has 27 aromatic rings. The predicted molar refractivity (Wildman–Crippen MR) is 558 cm³/mol. The molecule has 0 aliphatic rings. The van der Waals surface area contributed by atoms with Crippen LogP contribution in [0.2, 0.25) is 0 Å². The van der Waals surface area contributed by atoms with Crippen LogP contribution in [0.3, 0.4) is 0 Å². The van der Waals surface area contributed by atoms with Crippen molar-refractivity contribution in [2.24, 2.45) is 0 Å². The summed E-state index contributed by atoms with van der Waals surface area (Å²) >= 11 is 0. The molecular weight excluding hydrogens is 1600 g/mol. The highest BCUT2D eigenvalue weighted by Gasteiger charge is 2.23. The maximum atomic E-state index is 2.41. The van der Waals surface area contributed by atoms with Gasteiger partial charge in [0.15, 0.2) is 0 Å². The molecule has 132 heavy (non-hydrogen) atoms. The van der Waals surface area contributed by atoms with E-state index < -0.39 is 0 Å². The van der Waals surface area contributed by atoms with Gasteiger partial charge >= 0.3 is 0 Å². The zero-order valence-electron chi connectivity index (χ0n) is 72.2. The summed E-state index contributed by atoms with van der Waals surface area (Å²) in [5.41, 5.74) is 36.2. The molecular formula is C126H84N6. The molecule has 21 aromatic carbocycles. The Morgan fingerprint density at radius 2 is 0.235 bits per heavy atom. The van der Waals surface area contributed by atoms with Gasteiger partial charge in [-0.25, -0.2) is 0 Å². The first-order valence-corrected chi connectivity index (χ1v) is 45.3. The smallest absolute Gasteiger partial charge is 0.0547 e. The first kappa shape index (κ1) is 76.8. The first-order chi connectivity index (χ1) is 65.5. The van der Waals surface area contributed by atoms with E-state index in [0.29, 0.717) is 0 Å². The second-order valence-electron chi connectivity index (χ2n) is 34.3. The molecule has 0 fully saturated rings. The lowest BCUT2D eigenvalue weighted by Gasteiger charge is -2.11. The summed E-state index contributed by atoms with van der Waals surface area (Å²) in [5, 5.41) is 15.2. The second-order valence-corrected chi connectivity index (χ2v) is 34.3. The molecule has 0 bridgehead atoms. The third-order valence-corrected chi connectivity index (χ3v) is 26.8. The molecule has 0 aliphatic carbocycles. The molecule has 6 heteroatoms. The van der Waals surface area contributed by atoms with Crippen LogP contribution >= 0.6 is 0 Å². The summed E-state index contributed by atoms with van der Waals surface area (Å²) in [6.07, 6.45) is 0. The summed E-state index contributed by atoms with van der Waals surface area (Å²) in [5.74, 6) is 0.